The number of hydrogen-bond donors (Lipinski definition) is 1. The van der Waals surface area contributed by atoms with Crippen LogP contribution in [0.15, 0.2) is 0 Å². The number of fused-ring (bicyclic) bond motifs is 2. The standard InChI is InChI=1S/C11H19NO2S/c13-15-6-2-1-3-10(12-15)9-7-8-4-5-11(9)14-8/h8-12H,1-7H2. The Labute approximate surface area is 93.5 Å². The van der Waals surface area contributed by atoms with Gasteiger partial charge in [-0.1, -0.05) is 6.42 Å². The van der Waals surface area contributed by atoms with Gasteiger partial charge in [-0.05, 0) is 32.1 Å². The third kappa shape index (κ3) is 1.99. The van der Waals surface area contributed by atoms with E-state index in [0.717, 1.165) is 12.2 Å². The summed E-state index contributed by atoms with van der Waals surface area (Å²) in [6.07, 6.45) is 8.15. The molecule has 0 aromatic carbocycles. The number of rotatable bonds is 1. The Hall–Kier alpha value is 0.0700. The lowest BCUT2D eigenvalue weighted by molar-refractivity contribution is 0.0869. The summed E-state index contributed by atoms with van der Waals surface area (Å²) in [5, 5.41) is 0. The van der Waals surface area contributed by atoms with Crippen LogP contribution in [0.25, 0.3) is 0 Å². The second kappa shape index (κ2) is 4.15. The van der Waals surface area contributed by atoms with Crippen molar-refractivity contribution in [1.29, 1.82) is 0 Å². The van der Waals surface area contributed by atoms with Crippen LogP contribution in [0.3, 0.4) is 0 Å². The summed E-state index contributed by atoms with van der Waals surface area (Å²) in [6, 6.07) is 0.448. The van der Waals surface area contributed by atoms with Crippen molar-refractivity contribution in [2.75, 3.05) is 5.75 Å². The molecule has 3 aliphatic heterocycles. The van der Waals surface area contributed by atoms with Gasteiger partial charge in [-0.25, -0.2) is 8.93 Å². The zero-order valence-corrected chi connectivity index (χ0v) is 9.80. The zero-order chi connectivity index (χ0) is 10.3. The van der Waals surface area contributed by atoms with Crippen LogP contribution >= 0.6 is 0 Å². The van der Waals surface area contributed by atoms with E-state index in [0.29, 0.717) is 24.2 Å². The predicted molar refractivity (Wildman–Crippen MR) is 59.8 cm³/mol. The van der Waals surface area contributed by atoms with Gasteiger partial charge in [0.15, 0.2) is 0 Å². The number of ether oxygens (including phenoxy) is 1. The van der Waals surface area contributed by atoms with Gasteiger partial charge in [-0.2, -0.15) is 0 Å². The Bertz CT molecular complexity index is 271. The smallest absolute Gasteiger partial charge is 0.0918 e. The van der Waals surface area contributed by atoms with Crippen LogP contribution in [0, 0.1) is 5.92 Å². The average molecular weight is 229 g/mol. The van der Waals surface area contributed by atoms with Gasteiger partial charge in [-0.3, -0.25) is 0 Å². The maximum atomic E-state index is 11.6. The minimum absolute atomic E-state index is 0.448. The maximum Gasteiger partial charge on any atom is 0.0918 e. The van der Waals surface area contributed by atoms with Crippen LogP contribution in [0.5, 0.6) is 0 Å². The fraction of sp³-hybridized carbons (Fsp3) is 1.00. The summed E-state index contributed by atoms with van der Waals surface area (Å²) in [5.74, 6) is 1.46. The molecule has 0 aliphatic carbocycles. The predicted octanol–water partition coefficient (Wildman–Crippen LogP) is 1.36. The van der Waals surface area contributed by atoms with Crippen molar-refractivity contribution in [3.63, 3.8) is 0 Å². The van der Waals surface area contributed by atoms with E-state index < -0.39 is 11.0 Å². The Morgan fingerprint density at radius 3 is 2.87 bits per heavy atom. The highest BCUT2D eigenvalue weighted by Gasteiger charge is 2.44. The molecule has 0 aromatic rings. The topological polar surface area (TPSA) is 38.3 Å². The summed E-state index contributed by atoms with van der Waals surface area (Å²) >= 11 is 0. The molecule has 5 unspecified atom stereocenters. The van der Waals surface area contributed by atoms with Gasteiger partial charge in [0.25, 0.3) is 0 Å². The monoisotopic (exact) mass is 229 g/mol. The molecule has 15 heavy (non-hydrogen) atoms. The van der Waals surface area contributed by atoms with Crippen LogP contribution in [0.4, 0.5) is 0 Å². The summed E-state index contributed by atoms with van der Waals surface area (Å²) in [4.78, 5) is 0. The lowest BCUT2D eigenvalue weighted by Crippen LogP contribution is -2.40. The average Bonchev–Trinajstić information content (AvgIpc) is 2.78. The van der Waals surface area contributed by atoms with E-state index in [-0.39, 0.29) is 0 Å². The number of hydrogen-bond acceptors (Lipinski definition) is 2. The first-order valence-corrected chi connectivity index (χ1v) is 7.45. The van der Waals surface area contributed by atoms with Gasteiger partial charge in [-0.15, -0.1) is 0 Å². The van der Waals surface area contributed by atoms with Crippen molar-refractivity contribution >= 4 is 11.0 Å². The number of nitrogens with one attached hydrogen (secondary N) is 1. The Morgan fingerprint density at radius 1 is 1.20 bits per heavy atom. The lowest BCUT2D eigenvalue weighted by Gasteiger charge is -2.27. The minimum atomic E-state index is -0.791. The third-order valence-corrected chi connectivity index (χ3v) is 5.27. The molecule has 0 saturated carbocycles. The zero-order valence-electron chi connectivity index (χ0n) is 8.98. The second-order valence-corrected chi connectivity index (χ2v) is 6.38. The van der Waals surface area contributed by atoms with E-state index in [1.807, 2.05) is 0 Å². The van der Waals surface area contributed by atoms with Crippen molar-refractivity contribution in [3.05, 3.63) is 0 Å². The minimum Gasteiger partial charge on any atom is -0.375 e. The van der Waals surface area contributed by atoms with Gasteiger partial charge < -0.3 is 4.74 Å². The van der Waals surface area contributed by atoms with Crippen molar-refractivity contribution in [2.45, 2.75) is 56.8 Å². The first-order chi connectivity index (χ1) is 7.33. The summed E-state index contributed by atoms with van der Waals surface area (Å²) in [5.41, 5.74) is 0. The Balaban J connectivity index is 1.68. The quantitative estimate of drug-likeness (QED) is 0.737. The van der Waals surface area contributed by atoms with Crippen molar-refractivity contribution in [2.24, 2.45) is 5.92 Å². The largest absolute Gasteiger partial charge is 0.375 e. The van der Waals surface area contributed by atoms with Crippen molar-refractivity contribution in [3.8, 4) is 0 Å². The van der Waals surface area contributed by atoms with E-state index in [4.69, 9.17) is 4.74 Å². The highest BCUT2D eigenvalue weighted by atomic mass is 32.2. The van der Waals surface area contributed by atoms with E-state index in [1.165, 1.54) is 32.1 Å². The maximum absolute atomic E-state index is 11.6. The van der Waals surface area contributed by atoms with Gasteiger partial charge in [0.2, 0.25) is 0 Å². The Morgan fingerprint density at radius 2 is 2.13 bits per heavy atom. The Kier molecular flexibility index (Phi) is 2.83. The van der Waals surface area contributed by atoms with E-state index in [1.54, 1.807) is 0 Å². The molecule has 86 valence electrons. The fourth-order valence-corrected chi connectivity index (χ4v) is 4.50. The second-order valence-electron chi connectivity index (χ2n) is 5.04. The fourth-order valence-electron chi connectivity index (χ4n) is 3.29. The lowest BCUT2D eigenvalue weighted by atomic mass is 9.82. The molecule has 0 spiro atoms. The summed E-state index contributed by atoms with van der Waals surface area (Å²) in [7, 11) is -0.791. The van der Waals surface area contributed by atoms with Gasteiger partial charge in [0.05, 0.1) is 23.2 Å². The van der Waals surface area contributed by atoms with Gasteiger partial charge in [0, 0.05) is 17.7 Å². The first-order valence-electron chi connectivity index (χ1n) is 6.13. The molecule has 3 fully saturated rings. The van der Waals surface area contributed by atoms with Crippen LogP contribution < -0.4 is 4.72 Å². The molecule has 1 N–H and O–H groups in total. The molecule has 0 amide bonds. The molecule has 3 rings (SSSR count). The molecule has 3 heterocycles. The molecule has 0 aromatic heterocycles. The van der Waals surface area contributed by atoms with Crippen molar-refractivity contribution < 1.29 is 8.95 Å². The van der Waals surface area contributed by atoms with E-state index >= 15 is 0 Å². The summed E-state index contributed by atoms with van der Waals surface area (Å²) < 4.78 is 20.8. The van der Waals surface area contributed by atoms with Crippen molar-refractivity contribution in [1.82, 2.24) is 4.72 Å². The molecular weight excluding hydrogens is 210 g/mol. The normalized spacial score (nSPS) is 50.5. The molecule has 3 nitrogen and oxygen atoms in total. The molecule has 4 heteroatoms. The molecular formula is C11H19NO2S. The van der Waals surface area contributed by atoms with Gasteiger partial charge >= 0.3 is 0 Å². The van der Waals surface area contributed by atoms with Crippen LogP contribution in [0.2, 0.25) is 0 Å². The molecule has 3 saturated heterocycles. The first kappa shape index (κ1) is 10.2. The van der Waals surface area contributed by atoms with Gasteiger partial charge in [0.1, 0.15) is 0 Å². The molecule has 2 bridgehead atoms. The van der Waals surface area contributed by atoms with Crippen LogP contribution in [-0.4, -0.2) is 28.2 Å². The highest BCUT2D eigenvalue weighted by Crippen LogP contribution is 2.41. The summed E-state index contributed by atoms with van der Waals surface area (Å²) in [6.45, 7) is 0. The SMILES string of the molecule is O=S1CCCCC(C2CC3CCC2O3)N1. The molecule has 5 atom stereocenters. The van der Waals surface area contributed by atoms with E-state index in [9.17, 15) is 4.21 Å². The molecule has 0 radical (unpaired) electrons. The van der Waals surface area contributed by atoms with E-state index in [2.05, 4.69) is 4.72 Å². The molecule has 3 aliphatic rings. The third-order valence-electron chi connectivity index (χ3n) is 4.05. The highest BCUT2D eigenvalue weighted by molar-refractivity contribution is 7.83. The van der Waals surface area contributed by atoms with Crippen LogP contribution in [0.1, 0.15) is 38.5 Å². The van der Waals surface area contributed by atoms with Crippen LogP contribution in [-0.2, 0) is 15.7 Å².